The number of aromatic nitrogens is 2. The molecule has 0 bridgehead atoms. The van der Waals surface area contributed by atoms with E-state index in [9.17, 15) is 69.0 Å². The lowest BCUT2D eigenvalue weighted by molar-refractivity contribution is -0.156. The topological polar surface area (TPSA) is 443 Å². The number of carbonyl (C=O) groups is 6. The second-order valence-electron chi connectivity index (χ2n) is 20.0. The van der Waals surface area contributed by atoms with E-state index in [2.05, 4.69) is 50.7 Å². The van der Waals surface area contributed by atoms with Gasteiger partial charge in [0.1, 0.15) is 54.7 Å². The molecule has 3 aliphatic heterocycles. The average molecular weight is 1060 g/mol. The number of amides is 4. The molecular weight excluding hydrogens is 979 g/mol. The van der Waals surface area contributed by atoms with Gasteiger partial charge in [-0.25, -0.2) is 14.4 Å². The van der Waals surface area contributed by atoms with Crippen LogP contribution in [0.5, 0.6) is 0 Å². The van der Waals surface area contributed by atoms with E-state index in [-0.39, 0.29) is 51.4 Å². The van der Waals surface area contributed by atoms with Crippen molar-refractivity contribution in [2.24, 2.45) is 40.1 Å². The fourth-order valence-corrected chi connectivity index (χ4v) is 9.18. The SMILES string of the molecule is CC(C)CCCCCC(=O)O[C@@H](C(C)C)[C@H](NC(=O)[C@@H](NC(=O)N[C@H](C(=O)O)C(C)C)[C@@H]1CCN=C(N)N1)C(=O)NCCCN[C@H](C(=O)O)[C@@H](C1O[C@H](CN)[C@@H](O)[C@H]1O)[C@H]1O[C@@H](n2ccc(=O)[nH]c2=O)[C@H](O)[C@@H]1O. The van der Waals surface area contributed by atoms with E-state index in [4.69, 9.17) is 25.7 Å². The van der Waals surface area contributed by atoms with Gasteiger partial charge in [-0.15, -0.1) is 0 Å². The number of rotatable bonds is 28. The number of nitrogens with two attached hydrogens (primary N) is 2. The Morgan fingerprint density at radius 3 is 2.05 bits per heavy atom. The number of nitrogens with one attached hydrogen (secondary N) is 7. The summed E-state index contributed by atoms with van der Waals surface area (Å²) in [5.41, 5.74) is 9.90. The molecule has 2 saturated heterocycles. The number of nitrogens with zero attached hydrogens (tertiary/aromatic N) is 2. The lowest BCUT2D eigenvalue weighted by Crippen LogP contribution is -2.66. The minimum absolute atomic E-state index is 0.0134. The molecule has 17 N–H and O–H groups in total. The van der Waals surface area contributed by atoms with E-state index in [1.165, 1.54) is 0 Å². The van der Waals surface area contributed by atoms with Crippen molar-refractivity contribution in [3.63, 3.8) is 0 Å². The van der Waals surface area contributed by atoms with E-state index in [0.29, 0.717) is 12.3 Å². The fraction of sp³-hybridized carbons (Fsp3) is 0.761. The Morgan fingerprint density at radius 1 is 0.811 bits per heavy atom. The van der Waals surface area contributed by atoms with E-state index >= 15 is 0 Å². The van der Waals surface area contributed by atoms with Gasteiger partial charge in [0.15, 0.2) is 12.2 Å². The predicted molar refractivity (Wildman–Crippen MR) is 262 cm³/mol. The van der Waals surface area contributed by atoms with Crippen molar-refractivity contribution in [2.45, 2.75) is 172 Å². The highest BCUT2D eigenvalue weighted by Crippen LogP contribution is 2.39. The van der Waals surface area contributed by atoms with Crippen molar-refractivity contribution in [3.8, 4) is 0 Å². The first-order valence-corrected chi connectivity index (χ1v) is 25.0. The number of aliphatic carboxylic acids is 2. The first kappa shape index (κ1) is 60.8. The molecule has 0 spiro atoms. The summed E-state index contributed by atoms with van der Waals surface area (Å²) in [5.74, 6) is -7.68. The molecule has 4 heterocycles. The molecule has 28 nitrogen and oxygen atoms in total. The third-order valence-corrected chi connectivity index (χ3v) is 13.2. The highest BCUT2D eigenvalue weighted by molar-refractivity contribution is 5.94. The largest absolute Gasteiger partial charge is 0.480 e. The number of carboxylic acid groups (broad SMARTS) is 2. The number of carbonyl (C=O) groups excluding carboxylic acids is 4. The van der Waals surface area contributed by atoms with Gasteiger partial charge >= 0.3 is 29.6 Å². The van der Waals surface area contributed by atoms with Crippen molar-refractivity contribution >= 4 is 41.7 Å². The van der Waals surface area contributed by atoms with Crippen LogP contribution in [0.25, 0.3) is 0 Å². The lowest BCUT2D eigenvalue weighted by Gasteiger charge is -2.36. The van der Waals surface area contributed by atoms with Gasteiger partial charge in [0.25, 0.3) is 5.56 Å². The molecule has 1 aromatic rings. The Hall–Kier alpha value is -5.75. The number of H-pyrrole nitrogens is 1. The third kappa shape index (κ3) is 16.4. The molecule has 0 aromatic carbocycles. The maximum atomic E-state index is 14.4. The van der Waals surface area contributed by atoms with Crippen LogP contribution in [-0.4, -0.2) is 187 Å². The summed E-state index contributed by atoms with van der Waals surface area (Å²) in [6.07, 6.45) is -10.5. The Morgan fingerprint density at radius 2 is 1.47 bits per heavy atom. The molecule has 4 amide bonds. The molecule has 0 radical (unpaired) electrons. The smallest absolute Gasteiger partial charge is 0.330 e. The van der Waals surface area contributed by atoms with Crippen LogP contribution in [-0.2, 0) is 38.2 Å². The standard InChI is InChI=1S/C46H77N11O17/c1-20(2)11-8-7-9-12-26(59)73-36(22(5)6)31(54-40(65)29(23-13-17-51-44(48)52-23)56-45(70)55-28(21(3)4)42(66)67)39(64)50-16-10-15-49-30(43(68)69)27(37-33(61)32(60)24(19-47)72-37)38-34(62)35(63)41(74-38)57-18-14-25(58)53-46(57)71/h14,18,20-24,27-38,41,49,60-63H,7-13,15-17,19,47H2,1-6H3,(H,50,64)(H,54,65)(H,66,67)(H,68,69)(H3,48,51,52)(H,53,58,71)(H2,55,56,70)/t23-,24+,27-,28-,29-,30-,31-,32+,33+,34-,35+,36-,37?,38+,41+/m0/s1. The number of ether oxygens (including phenoxy) is 3. The van der Waals surface area contributed by atoms with Gasteiger partial charge in [-0.05, 0) is 43.6 Å². The number of hydrogen-bond acceptors (Lipinski definition) is 20. The first-order valence-electron chi connectivity index (χ1n) is 25.0. The van der Waals surface area contributed by atoms with E-state index in [1.807, 2.05) is 4.98 Å². The van der Waals surface area contributed by atoms with Gasteiger partial charge in [-0.3, -0.25) is 38.5 Å². The summed E-state index contributed by atoms with van der Waals surface area (Å²) >= 11 is 0. The number of aliphatic hydroxyl groups excluding tert-OH is 4. The minimum atomic E-state index is -1.93. The number of aliphatic hydroxyl groups is 4. The van der Waals surface area contributed by atoms with Crippen LogP contribution in [0.4, 0.5) is 4.79 Å². The Balaban J connectivity index is 1.58. The van der Waals surface area contributed by atoms with E-state index in [0.717, 1.165) is 36.1 Å². The average Bonchev–Trinajstić information content (AvgIpc) is 3.78. The van der Waals surface area contributed by atoms with Crippen LogP contribution in [0.15, 0.2) is 26.8 Å². The maximum Gasteiger partial charge on any atom is 0.330 e. The van der Waals surface area contributed by atoms with Crippen molar-refractivity contribution in [2.75, 3.05) is 26.2 Å². The number of unbranched alkanes of at least 4 members (excludes halogenated alkanes) is 2. The molecule has 74 heavy (non-hydrogen) atoms. The van der Waals surface area contributed by atoms with Crippen LogP contribution < -0.4 is 54.6 Å². The van der Waals surface area contributed by atoms with Gasteiger partial charge < -0.3 is 88.2 Å². The van der Waals surface area contributed by atoms with Crippen LogP contribution >= 0.6 is 0 Å². The highest BCUT2D eigenvalue weighted by atomic mass is 16.6. The normalized spacial score (nSPS) is 26.2. The summed E-state index contributed by atoms with van der Waals surface area (Å²) in [6.45, 7) is 10.0. The Bertz CT molecular complexity index is 2210. The zero-order valence-corrected chi connectivity index (χ0v) is 42.5. The second kappa shape index (κ2) is 28.2. The van der Waals surface area contributed by atoms with Crippen LogP contribution in [0.3, 0.4) is 0 Å². The number of hydrogen-bond donors (Lipinski definition) is 15. The minimum Gasteiger partial charge on any atom is -0.480 e. The highest BCUT2D eigenvalue weighted by Gasteiger charge is 2.58. The molecular formula is C46H77N11O17. The van der Waals surface area contributed by atoms with Crippen molar-refractivity contribution in [3.05, 3.63) is 33.1 Å². The van der Waals surface area contributed by atoms with Crippen molar-refractivity contribution in [1.82, 2.24) is 41.5 Å². The number of esters is 1. The van der Waals surface area contributed by atoms with E-state index < -0.39 is 150 Å². The van der Waals surface area contributed by atoms with Gasteiger partial charge in [-0.2, -0.15) is 0 Å². The lowest BCUT2D eigenvalue weighted by atomic mass is 9.82. The molecule has 418 valence electrons. The predicted octanol–water partition coefficient (Wildman–Crippen LogP) is -4.12. The van der Waals surface area contributed by atoms with Gasteiger partial charge in [-0.1, -0.05) is 60.8 Å². The molecule has 2 fully saturated rings. The first-order chi connectivity index (χ1) is 34.9. The maximum absolute atomic E-state index is 14.4. The summed E-state index contributed by atoms with van der Waals surface area (Å²) in [4.78, 5) is 111. The molecule has 28 heteroatoms. The number of guanidine groups is 1. The number of aliphatic imine (C=N–C) groups is 1. The molecule has 1 aromatic heterocycles. The van der Waals surface area contributed by atoms with Gasteiger partial charge in [0.2, 0.25) is 11.8 Å². The van der Waals surface area contributed by atoms with Crippen LogP contribution in [0.1, 0.15) is 92.7 Å². The zero-order chi connectivity index (χ0) is 55.1. The summed E-state index contributed by atoms with van der Waals surface area (Å²) < 4.78 is 18.4. The Kier molecular flexibility index (Phi) is 23.2. The van der Waals surface area contributed by atoms with Gasteiger partial charge in [0.05, 0.1) is 24.4 Å². The Labute approximate surface area is 427 Å². The van der Waals surface area contributed by atoms with Crippen LogP contribution in [0.2, 0.25) is 0 Å². The number of urea groups is 1. The number of aromatic amines is 1. The quantitative estimate of drug-likeness (QED) is 0.0280. The van der Waals surface area contributed by atoms with E-state index in [1.54, 1.807) is 27.7 Å². The number of carboxylic acids is 2. The molecule has 15 atom stereocenters. The summed E-state index contributed by atoms with van der Waals surface area (Å²) in [7, 11) is 0. The van der Waals surface area contributed by atoms with Crippen molar-refractivity contribution < 1.29 is 73.6 Å². The molecule has 0 saturated carbocycles. The second-order valence-corrected chi connectivity index (χ2v) is 20.0. The molecule has 0 aliphatic carbocycles. The third-order valence-electron chi connectivity index (χ3n) is 13.2. The summed E-state index contributed by atoms with van der Waals surface area (Å²) in [6, 6.07) is -7.23. The molecule has 1 unspecified atom stereocenters. The fourth-order valence-electron chi connectivity index (χ4n) is 9.18. The molecule has 3 aliphatic rings. The molecule has 4 rings (SSSR count). The van der Waals surface area contributed by atoms with Crippen molar-refractivity contribution in [1.29, 1.82) is 0 Å². The monoisotopic (exact) mass is 1060 g/mol. The summed E-state index contributed by atoms with van der Waals surface area (Å²) in [5, 5.41) is 80.5. The zero-order valence-electron chi connectivity index (χ0n) is 42.5. The van der Waals surface area contributed by atoms with Gasteiger partial charge in [0, 0.05) is 44.2 Å². The van der Waals surface area contributed by atoms with Crippen LogP contribution in [0, 0.1) is 23.7 Å².